The van der Waals surface area contributed by atoms with Crippen LogP contribution in [0.5, 0.6) is 0 Å². The number of rotatable bonds is 4. The number of hydrogen-bond acceptors (Lipinski definition) is 1. The molecule has 0 amide bonds. The average Bonchev–Trinajstić information content (AvgIpc) is 2.29. The van der Waals surface area contributed by atoms with Crippen LogP contribution < -0.4 is 0 Å². The van der Waals surface area contributed by atoms with Crippen LogP contribution in [0.3, 0.4) is 0 Å². The molecule has 1 aromatic carbocycles. The van der Waals surface area contributed by atoms with Crippen molar-refractivity contribution in [3.63, 3.8) is 0 Å². The minimum absolute atomic E-state index is 0.0801. The van der Waals surface area contributed by atoms with Crippen molar-refractivity contribution < 1.29 is 4.79 Å². The van der Waals surface area contributed by atoms with Gasteiger partial charge in [-0.1, -0.05) is 53.4 Å². The Balaban J connectivity index is 2.52. The second kappa shape index (κ2) is 7.24. The summed E-state index contributed by atoms with van der Waals surface area (Å²) in [4.78, 5) is 11.8. The molecule has 2 heteroatoms. The summed E-state index contributed by atoms with van der Waals surface area (Å²) in [7, 11) is 0. The molecule has 0 bridgehead atoms. The summed E-state index contributed by atoms with van der Waals surface area (Å²) in [5, 5.41) is 0. The summed E-state index contributed by atoms with van der Waals surface area (Å²) in [6, 6.07) is 7.45. The minimum atomic E-state index is 0.0801. The molecule has 0 aliphatic heterocycles. The predicted octanol–water partition coefficient (Wildman–Crippen LogP) is 4.22. The van der Waals surface area contributed by atoms with Crippen molar-refractivity contribution in [2.45, 2.75) is 32.6 Å². The average molecular weight is 279 g/mol. The molecule has 0 aliphatic rings. The Morgan fingerprint density at radius 3 is 2.75 bits per heavy atom. The number of halogens is 1. The smallest absolute Gasteiger partial charge is 0.175 e. The third kappa shape index (κ3) is 4.20. The highest BCUT2D eigenvalue weighted by molar-refractivity contribution is 9.10. The summed E-state index contributed by atoms with van der Waals surface area (Å²) in [6.07, 6.45) is 3.45. The van der Waals surface area contributed by atoms with E-state index in [4.69, 9.17) is 0 Å². The van der Waals surface area contributed by atoms with Crippen molar-refractivity contribution in [3.05, 3.63) is 34.3 Å². The first-order chi connectivity index (χ1) is 7.75. The van der Waals surface area contributed by atoms with Gasteiger partial charge < -0.3 is 0 Å². The summed E-state index contributed by atoms with van der Waals surface area (Å²) in [5.74, 6) is 6.03. The van der Waals surface area contributed by atoms with Gasteiger partial charge in [0, 0.05) is 16.5 Å². The number of ketones is 1. The van der Waals surface area contributed by atoms with E-state index in [1.165, 1.54) is 0 Å². The molecule has 16 heavy (non-hydrogen) atoms. The lowest BCUT2D eigenvalue weighted by Crippen LogP contribution is -1.98. The minimum Gasteiger partial charge on any atom is -0.293 e. The van der Waals surface area contributed by atoms with Gasteiger partial charge in [0.2, 0.25) is 0 Å². The number of hydrogen-bond donors (Lipinski definition) is 0. The maximum atomic E-state index is 11.8. The van der Waals surface area contributed by atoms with E-state index < -0.39 is 0 Å². The third-order valence-electron chi connectivity index (χ3n) is 2.20. The fourth-order valence-corrected chi connectivity index (χ4v) is 1.78. The van der Waals surface area contributed by atoms with Crippen molar-refractivity contribution >= 4 is 21.7 Å². The number of benzene rings is 1. The van der Waals surface area contributed by atoms with E-state index in [0.717, 1.165) is 23.7 Å². The third-order valence-corrected chi connectivity index (χ3v) is 2.90. The van der Waals surface area contributed by atoms with Gasteiger partial charge in [-0.2, -0.15) is 0 Å². The standard InChI is InChI=1S/C14H15BrO/c1-2-3-4-5-6-11-14(16)12-9-7-8-10-13(12)15/h7-10H,2-4,11H2,1H3. The van der Waals surface area contributed by atoms with Crippen molar-refractivity contribution in [3.8, 4) is 11.8 Å². The van der Waals surface area contributed by atoms with Gasteiger partial charge in [-0.15, -0.1) is 5.92 Å². The lowest BCUT2D eigenvalue weighted by molar-refractivity contribution is 0.0997. The van der Waals surface area contributed by atoms with Crippen LogP contribution in [-0.4, -0.2) is 5.78 Å². The van der Waals surface area contributed by atoms with Gasteiger partial charge in [-0.3, -0.25) is 4.79 Å². The molecule has 0 spiro atoms. The maximum absolute atomic E-state index is 11.8. The van der Waals surface area contributed by atoms with E-state index in [0.29, 0.717) is 12.0 Å². The second-order valence-corrected chi connectivity index (χ2v) is 4.39. The highest BCUT2D eigenvalue weighted by Crippen LogP contribution is 2.17. The van der Waals surface area contributed by atoms with E-state index in [-0.39, 0.29) is 5.78 Å². The second-order valence-electron chi connectivity index (χ2n) is 3.54. The monoisotopic (exact) mass is 278 g/mol. The number of unbranched alkanes of at least 4 members (excludes halogenated alkanes) is 2. The zero-order valence-electron chi connectivity index (χ0n) is 9.42. The van der Waals surface area contributed by atoms with Crippen LogP contribution in [-0.2, 0) is 0 Å². The number of carbonyl (C=O) groups excluding carboxylic acids is 1. The largest absolute Gasteiger partial charge is 0.293 e. The van der Waals surface area contributed by atoms with Gasteiger partial charge in [0.1, 0.15) is 0 Å². The van der Waals surface area contributed by atoms with E-state index >= 15 is 0 Å². The van der Waals surface area contributed by atoms with Crippen LogP contribution in [0.4, 0.5) is 0 Å². The molecule has 0 heterocycles. The van der Waals surface area contributed by atoms with Gasteiger partial charge in [-0.05, 0) is 12.5 Å². The molecule has 0 N–H and O–H groups in total. The zero-order valence-corrected chi connectivity index (χ0v) is 11.0. The van der Waals surface area contributed by atoms with E-state index in [2.05, 4.69) is 34.7 Å². The fourth-order valence-electron chi connectivity index (χ4n) is 1.28. The molecular weight excluding hydrogens is 264 g/mol. The molecule has 84 valence electrons. The Hall–Kier alpha value is -1.07. The van der Waals surface area contributed by atoms with E-state index in [1.54, 1.807) is 0 Å². The van der Waals surface area contributed by atoms with Crippen molar-refractivity contribution in [1.29, 1.82) is 0 Å². The highest BCUT2D eigenvalue weighted by Gasteiger charge is 2.06. The quantitative estimate of drug-likeness (QED) is 0.458. The van der Waals surface area contributed by atoms with Gasteiger partial charge >= 0.3 is 0 Å². The highest BCUT2D eigenvalue weighted by atomic mass is 79.9. The van der Waals surface area contributed by atoms with Crippen molar-refractivity contribution in [2.75, 3.05) is 0 Å². The summed E-state index contributed by atoms with van der Waals surface area (Å²) < 4.78 is 0.843. The first-order valence-electron chi connectivity index (χ1n) is 5.49. The summed E-state index contributed by atoms with van der Waals surface area (Å²) >= 11 is 3.36. The molecule has 1 aromatic rings. The number of Topliss-reactive ketones (excluding diaryl/α,β-unsaturated/α-hetero) is 1. The fraction of sp³-hybridized carbons (Fsp3) is 0.357. The van der Waals surface area contributed by atoms with Crippen LogP contribution in [0, 0.1) is 11.8 Å². The number of carbonyl (C=O) groups is 1. The van der Waals surface area contributed by atoms with E-state index in [9.17, 15) is 4.79 Å². The molecule has 0 fully saturated rings. The molecular formula is C14H15BrO. The van der Waals surface area contributed by atoms with Gasteiger partial charge in [-0.25, -0.2) is 0 Å². The first-order valence-corrected chi connectivity index (χ1v) is 6.28. The molecule has 1 rings (SSSR count). The van der Waals surface area contributed by atoms with Gasteiger partial charge in [0.25, 0.3) is 0 Å². The first kappa shape index (κ1) is 13.0. The van der Waals surface area contributed by atoms with Crippen LogP contribution in [0.1, 0.15) is 43.0 Å². The maximum Gasteiger partial charge on any atom is 0.175 e. The lowest BCUT2D eigenvalue weighted by atomic mass is 10.1. The molecule has 0 aliphatic carbocycles. The van der Waals surface area contributed by atoms with Crippen LogP contribution in [0.2, 0.25) is 0 Å². The van der Waals surface area contributed by atoms with Crippen LogP contribution >= 0.6 is 15.9 Å². The molecule has 0 saturated carbocycles. The zero-order chi connectivity index (χ0) is 11.8. The summed E-state index contributed by atoms with van der Waals surface area (Å²) in [6.45, 7) is 2.13. The van der Waals surface area contributed by atoms with Crippen molar-refractivity contribution in [2.24, 2.45) is 0 Å². The van der Waals surface area contributed by atoms with E-state index in [1.807, 2.05) is 24.3 Å². The van der Waals surface area contributed by atoms with Gasteiger partial charge in [0.15, 0.2) is 5.78 Å². The Labute approximate surface area is 105 Å². The lowest BCUT2D eigenvalue weighted by Gasteiger charge is -1.99. The Bertz CT molecular complexity index is 412. The molecule has 0 aromatic heterocycles. The molecule has 1 nitrogen and oxygen atoms in total. The topological polar surface area (TPSA) is 17.1 Å². The summed E-state index contributed by atoms with van der Waals surface area (Å²) in [5.41, 5.74) is 0.715. The predicted molar refractivity (Wildman–Crippen MR) is 70.4 cm³/mol. The van der Waals surface area contributed by atoms with Crippen LogP contribution in [0.15, 0.2) is 28.7 Å². The molecule has 0 atom stereocenters. The van der Waals surface area contributed by atoms with Crippen LogP contribution in [0.25, 0.3) is 0 Å². The molecule has 0 unspecified atom stereocenters. The normalized spacial score (nSPS) is 9.38. The Morgan fingerprint density at radius 2 is 2.06 bits per heavy atom. The van der Waals surface area contributed by atoms with Gasteiger partial charge in [0.05, 0.1) is 6.42 Å². The Morgan fingerprint density at radius 1 is 1.31 bits per heavy atom. The molecule has 0 saturated heterocycles. The molecule has 0 radical (unpaired) electrons. The van der Waals surface area contributed by atoms with Crippen molar-refractivity contribution in [1.82, 2.24) is 0 Å². The Kier molecular flexibility index (Phi) is 5.88. The SMILES string of the molecule is CCCCC#CCC(=O)c1ccccc1Br.